The Labute approximate surface area is 74.8 Å². The quantitative estimate of drug-likeness (QED) is 0.651. The topological polar surface area (TPSA) is 60.7 Å². The van der Waals surface area contributed by atoms with E-state index >= 15 is 0 Å². The van der Waals surface area contributed by atoms with Gasteiger partial charge in [0.15, 0.2) is 0 Å². The van der Waals surface area contributed by atoms with Crippen molar-refractivity contribution in [3.63, 3.8) is 0 Å². The van der Waals surface area contributed by atoms with E-state index in [1.165, 1.54) is 18.2 Å². The lowest BCUT2D eigenvalue weighted by Gasteiger charge is -2.09. The van der Waals surface area contributed by atoms with E-state index in [0.717, 1.165) is 0 Å². The second kappa shape index (κ2) is 3.76. The summed E-state index contributed by atoms with van der Waals surface area (Å²) in [5.41, 5.74) is 0.280. The molecule has 1 aromatic carbocycles. The fourth-order valence-electron chi connectivity index (χ4n) is 0.897. The summed E-state index contributed by atoms with van der Waals surface area (Å²) in [6.45, 7) is -0.421. The first kappa shape index (κ1) is 9.32. The molecule has 0 spiro atoms. The maximum atomic E-state index is 9.24. The third-order valence-corrected chi connectivity index (χ3v) is 1.76. The Bertz CT molecular complexity index is 275. The molecule has 1 aromatic rings. The Hall–Kier alpha value is -0.770. The van der Waals surface area contributed by atoms with Crippen molar-refractivity contribution in [3.05, 3.63) is 28.8 Å². The highest BCUT2D eigenvalue weighted by atomic mass is 35.5. The fourth-order valence-corrected chi connectivity index (χ4v) is 1.06. The van der Waals surface area contributed by atoms with Gasteiger partial charge in [-0.25, -0.2) is 0 Å². The van der Waals surface area contributed by atoms with Gasteiger partial charge in [-0.2, -0.15) is 0 Å². The molecule has 0 fully saturated rings. The van der Waals surface area contributed by atoms with Crippen LogP contribution in [-0.4, -0.2) is 21.9 Å². The number of hydrogen-bond donors (Lipinski definition) is 3. The average Bonchev–Trinajstić information content (AvgIpc) is 2.03. The summed E-state index contributed by atoms with van der Waals surface area (Å²) in [7, 11) is 0. The van der Waals surface area contributed by atoms with Crippen LogP contribution in [0.25, 0.3) is 0 Å². The van der Waals surface area contributed by atoms with Gasteiger partial charge in [-0.1, -0.05) is 17.7 Å². The van der Waals surface area contributed by atoms with E-state index in [-0.39, 0.29) is 11.3 Å². The lowest BCUT2D eigenvalue weighted by atomic mass is 10.1. The van der Waals surface area contributed by atoms with Crippen LogP contribution in [0.3, 0.4) is 0 Å². The number of hydrogen-bond acceptors (Lipinski definition) is 3. The summed E-state index contributed by atoms with van der Waals surface area (Å²) >= 11 is 5.56. The maximum absolute atomic E-state index is 9.24. The van der Waals surface area contributed by atoms with Crippen molar-refractivity contribution >= 4 is 11.6 Å². The molecule has 0 heterocycles. The Morgan fingerprint density at radius 1 is 1.42 bits per heavy atom. The molecule has 0 bridgehead atoms. The maximum Gasteiger partial charge on any atom is 0.122 e. The van der Waals surface area contributed by atoms with Gasteiger partial charge in [0, 0.05) is 10.6 Å². The molecule has 0 aliphatic rings. The second-order valence-electron chi connectivity index (χ2n) is 2.40. The normalized spacial score (nSPS) is 12.9. The van der Waals surface area contributed by atoms with Crippen molar-refractivity contribution in [2.45, 2.75) is 6.10 Å². The van der Waals surface area contributed by atoms with Crippen LogP contribution in [-0.2, 0) is 0 Å². The zero-order valence-corrected chi connectivity index (χ0v) is 6.99. The van der Waals surface area contributed by atoms with Crippen molar-refractivity contribution in [2.75, 3.05) is 6.61 Å². The van der Waals surface area contributed by atoms with E-state index in [9.17, 15) is 5.11 Å². The molecule has 66 valence electrons. The van der Waals surface area contributed by atoms with E-state index in [2.05, 4.69) is 0 Å². The Morgan fingerprint density at radius 3 is 2.58 bits per heavy atom. The minimum absolute atomic E-state index is 0.107. The number of halogens is 1. The minimum atomic E-state index is -1.05. The van der Waals surface area contributed by atoms with Gasteiger partial charge in [0.1, 0.15) is 11.9 Å². The number of aliphatic hydroxyl groups excluding tert-OH is 2. The molecule has 0 aromatic heterocycles. The van der Waals surface area contributed by atoms with E-state index in [0.29, 0.717) is 5.02 Å². The number of benzene rings is 1. The van der Waals surface area contributed by atoms with Crippen LogP contribution in [0.2, 0.25) is 5.02 Å². The molecule has 3 nitrogen and oxygen atoms in total. The Kier molecular flexibility index (Phi) is 2.92. The first-order chi connectivity index (χ1) is 5.65. The van der Waals surface area contributed by atoms with Crippen molar-refractivity contribution in [2.24, 2.45) is 0 Å². The van der Waals surface area contributed by atoms with Crippen LogP contribution >= 0.6 is 11.6 Å². The van der Waals surface area contributed by atoms with Gasteiger partial charge in [0.2, 0.25) is 0 Å². The molecule has 0 radical (unpaired) electrons. The molecule has 4 heteroatoms. The lowest BCUT2D eigenvalue weighted by molar-refractivity contribution is 0.0935. The highest BCUT2D eigenvalue weighted by Gasteiger charge is 2.10. The largest absolute Gasteiger partial charge is 0.508 e. The third kappa shape index (κ3) is 1.88. The molecule has 3 N–H and O–H groups in total. The molecule has 0 amide bonds. The van der Waals surface area contributed by atoms with Crippen LogP contribution in [0, 0.1) is 0 Å². The number of aliphatic hydroxyl groups is 2. The van der Waals surface area contributed by atoms with Crippen molar-refractivity contribution in [1.29, 1.82) is 0 Å². The smallest absolute Gasteiger partial charge is 0.122 e. The van der Waals surface area contributed by atoms with E-state index in [1.54, 1.807) is 0 Å². The number of rotatable bonds is 2. The Balaban J connectivity index is 3.01. The molecule has 0 saturated heterocycles. The molecule has 1 rings (SSSR count). The molecule has 1 unspecified atom stereocenters. The predicted octanol–water partition coefficient (Wildman–Crippen LogP) is 1.07. The van der Waals surface area contributed by atoms with Crippen LogP contribution in [0.4, 0.5) is 0 Å². The zero-order chi connectivity index (χ0) is 9.14. The molecule has 12 heavy (non-hydrogen) atoms. The van der Waals surface area contributed by atoms with Crippen molar-refractivity contribution in [3.8, 4) is 5.75 Å². The first-order valence-electron chi connectivity index (χ1n) is 3.42. The highest BCUT2D eigenvalue weighted by molar-refractivity contribution is 6.30. The second-order valence-corrected chi connectivity index (χ2v) is 2.84. The molecule has 0 aliphatic carbocycles. The zero-order valence-electron chi connectivity index (χ0n) is 6.24. The average molecular weight is 189 g/mol. The highest BCUT2D eigenvalue weighted by Crippen LogP contribution is 2.26. The van der Waals surface area contributed by atoms with Crippen LogP contribution in [0.15, 0.2) is 18.2 Å². The van der Waals surface area contributed by atoms with Gasteiger partial charge >= 0.3 is 0 Å². The lowest BCUT2D eigenvalue weighted by Crippen LogP contribution is -2.02. The standard InChI is InChI=1S/C8H9ClO3/c9-5-1-2-6(7(11)3-5)8(12)4-10/h1-3,8,10-12H,4H2. The van der Waals surface area contributed by atoms with E-state index in [4.69, 9.17) is 21.8 Å². The number of phenols is 1. The van der Waals surface area contributed by atoms with Crippen molar-refractivity contribution < 1.29 is 15.3 Å². The predicted molar refractivity (Wildman–Crippen MR) is 45.2 cm³/mol. The van der Waals surface area contributed by atoms with Gasteiger partial charge < -0.3 is 15.3 Å². The van der Waals surface area contributed by atoms with E-state index < -0.39 is 12.7 Å². The molecular formula is C8H9ClO3. The summed E-state index contributed by atoms with van der Waals surface area (Å²) < 4.78 is 0. The van der Waals surface area contributed by atoms with Gasteiger partial charge in [0.05, 0.1) is 6.61 Å². The van der Waals surface area contributed by atoms with Gasteiger partial charge in [-0.3, -0.25) is 0 Å². The summed E-state index contributed by atoms with van der Waals surface area (Å²) in [5, 5.41) is 27.4. The Morgan fingerprint density at radius 2 is 2.08 bits per heavy atom. The van der Waals surface area contributed by atoms with Crippen molar-refractivity contribution in [1.82, 2.24) is 0 Å². The third-order valence-electron chi connectivity index (χ3n) is 1.52. The minimum Gasteiger partial charge on any atom is -0.508 e. The first-order valence-corrected chi connectivity index (χ1v) is 3.80. The fraction of sp³-hybridized carbons (Fsp3) is 0.250. The summed E-state index contributed by atoms with van der Waals surface area (Å²) in [6, 6.07) is 4.32. The van der Waals surface area contributed by atoms with Crippen LogP contribution in [0.1, 0.15) is 11.7 Å². The van der Waals surface area contributed by atoms with Crippen LogP contribution in [0.5, 0.6) is 5.75 Å². The molecule has 1 atom stereocenters. The van der Waals surface area contributed by atoms with Gasteiger partial charge in [0.25, 0.3) is 0 Å². The van der Waals surface area contributed by atoms with Gasteiger partial charge in [-0.05, 0) is 12.1 Å². The summed E-state index contributed by atoms with van der Waals surface area (Å²) in [4.78, 5) is 0. The number of aromatic hydroxyl groups is 1. The van der Waals surface area contributed by atoms with Crippen LogP contribution < -0.4 is 0 Å². The van der Waals surface area contributed by atoms with Gasteiger partial charge in [-0.15, -0.1) is 0 Å². The molecule has 0 saturated carbocycles. The molecular weight excluding hydrogens is 180 g/mol. The summed E-state index contributed by atoms with van der Waals surface area (Å²) in [6.07, 6.45) is -1.05. The SMILES string of the molecule is OCC(O)c1ccc(Cl)cc1O. The number of phenolic OH excluding ortho intramolecular Hbond substituents is 1. The van der Waals surface area contributed by atoms with E-state index in [1.807, 2.05) is 0 Å². The molecule has 0 aliphatic heterocycles. The monoisotopic (exact) mass is 188 g/mol. The summed E-state index contributed by atoms with van der Waals surface area (Å²) in [5.74, 6) is -0.107.